The lowest BCUT2D eigenvalue weighted by molar-refractivity contribution is -0.138. The molecule has 0 fully saturated rings. The number of hydrogen-bond acceptors (Lipinski definition) is 4. The highest BCUT2D eigenvalue weighted by Gasteiger charge is 2.30. The van der Waals surface area contributed by atoms with Crippen molar-refractivity contribution in [3.63, 3.8) is 0 Å². The van der Waals surface area contributed by atoms with Gasteiger partial charge in [0, 0.05) is 18.8 Å². The molecule has 8 heteroatoms. The molecular weight excluding hydrogens is 258 g/mol. The molecule has 0 aliphatic heterocycles. The van der Waals surface area contributed by atoms with Gasteiger partial charge in [0.15, 0.2) is 5.03 Å². The summed E-state index contributed by atoms with van der Waals surface area (Å²) in [6.45, 7) is 4.70. The van der Waals surface area contributed by atoms with Crippen molar-refractivity contribution in [3.05, 3.63) is 12.0 Å². The van der Waals surface area contributed by atoms with Crippen molar-refractivity contribution in [1.82, 2.24) is 14.3 Å². The second kappa shape index (κ2) is 4.69. The maximum Gasteiger partial charge on any atom is 0.305 e. The van der Waals surface area contributed by atoms with Crippen molar-refractivity contribution < 1.29 is 18.3 Å². The van der Waals surface area contributed by atoms with E-state index in [1.165, 1.54) is 20.0 Å². The van der Waals surface area contributed by atoms with Crippen LogP contribution in [0, 0.1) is 6.92 Å². The largest absolute Gasteiger partial charge is 0.481 e. The number of sulfonamides is 1. The van der Waals surface area contributed by atoms with E-state index in [1.807, 2.05) is 0 Å². The van der Waals surface area contributed by atoms with Crippen molar-refractivity contribution in [1.29, 1.82) is 0 Å². The summed E-state index contributed by atoms with van der Waals surface area (Å²) in [7, 11) is -2.13. The molecule has 0 bridgehead atoms. The van der Waals surface area contributed by atoms with Crippen LogP contribution in [-0.4, -0.2) is 34.6 Å². The molecule has 18 heavy (non-hydrogen) atoms. The number of nitrogens with one attached hydrogen (secondary N) is 1. The van der Waals surface area contributed by atoms with Gasteiger partial charge < -0.3 is 9.67 Å². The Kier molecular flexibility index (Phi) is 3.82. The van der Waals surface area contributed by atoms with Crippen molar-refractivity contribution in [2.45, 2.75) is 37.8 Å². The quantitative estimate of drug-likeness (QED) is 0.802. The van der Waals surface area contributed by atoms with Crippen molar-refractivity contribution in [3.8, 4) is 0 Å². The van der Waals surface area contributed by atoms with Crippen LogP contribution in [-0.2, 0) is 21.9 Å². The van der Waals surface area contributed by atoms with Gasteiger partial charge in [-0.05, 0) is 20.8 Å². The second-order valence-corrected chi connectivity index (χ2v) is 6.43. The first-order valence-electron chi connectivity index (χ1n) is 5.29. The van der Waals surface area contributed by atoms with E-state index in [4.69, 9.17) is 5.11 Å². The molecule has 1 aromatic rings. The number of carbonyl (C=O) groups is 1. The Morgan fingerprint density at radius 3 is 2.50 bits per heavy atom. The first-order valence-corrected chi connectivity index (χ1v) is 6.77. The Hall–Kier alpha value is -1.41. The number of hydrogen-bond donors (Lipinski definition) is 2. The number of rotatable bonds is 5. The van der Waals surface area contributed by atoms with Gasteiger partial charge in [0.1, 0.15) is 5.82 Å². The number of imidazole rings is 1. The fourth-order valence-electron chi connectivity index (χ4n) is 1.49. The number of aryl methyl sites for hydroxylation is 2. The van der Waals surface area contributed by atoms with Crippen molar-refractivity contribution in [2.75, 3.05) is 0 Å². The fourth-order valence-corrected chi connectivity index (χ4v) is 2.94. The average molecular weight is 275 g/mol. The smallest absolute Gasteiger partial charge is 0.305 e. The van der Waals surface area contributed by atoms with Crippen molar-refractivity contribution >= 4 is 16.0 Å². The van der Waals surface area contributed by atoms with E-state index in [2.05, 4.69) is 9.71 Å². The molecule has 0 amide bonds. The molecule has 0 aliphatic rings. The van der Waals surface area contributed by atoms with Crippen LogP contribution in [0.25, 0.3) is 0 Å². The Labute approximate surface area is 106 Å². The van der Waals surface area contributed by atoms with Gasteiger partial charge in [-0.25, -0.2) is 18.1 Å². The van der Waals surface area contributed by atoms with E-state index in [0.29, 0.717) is 5.82 Å². The minimum Gasteiger partial charge on any atom is -0.481 e. The number of carboxylic acid groups (broad SMARTS) is 1. The normalized spacial score (nSPS) is 12.7. The summed E-state index contributed by atoms with van der Waals surface area (Å²) in [4.78, 5) is 14.6. The summed E-state index contributed by atoms with van der Waals surface area (Å²) in [5.74, 6) is -0.508. The highest BCUT2D eigenvalue weighted by molar-refractivity contribution is 7.89. The summed E-state index contributed by atoms with van der Waals surface area (Å²) >= 11 is 0. The average Bonchev–Trinajstić information content (AvgIpc) is 2.42. The molecule has 1 heterocycles. The molecule has 0 spiro atoms. The van der Waals surface area contributed by atoms with Gasteiger partial charge >= 0.3 is 5.97 Å². The van der Waals surface area contributed by atoms with Crippen LogP contribution < -0.4 is 4.72 Å². The number of carboxylic acids is 1. The minimum absolute atomic E-state index is 0.110. The molecule has 102 valence electrons. The molecule has 0 radical (unpaired) electrons. The van der Waals surface area contributed by atoms with Gasteiger partial charge in [0.2, 0.25) is 0 Å². The summed E-state index contributed by atoms with van der Waals surface area (Å²) in [6, 6.07) is 0. The molecule has 1 aromatic heterocycles. The summed E-state index contributed by atoms with van der Waals surface area (Å²) < 4.78 is 27.9. The predicted molar refractivity (Wildman–Crippen MR) is 64.6 cm³/mol. The zero-order valence-electron chi connectivity index (χ0n) is 10.8. The third-order valence-electron chi connectivity index (χ3n) is 2.37. The van der Waals surface area contributed by atoms with Crippen LogP contribution >= 0.6 is 0 Å². The SMILES string of the molecule is Cc1nc(S(=O)(=O)NC(C)(C)CC(=O)O)cn1C. The van der Waals surface area contributed by atoms with Crippen molar-refractivity contribution in [2.24, 2.45) is 7.05 Å². The molecule has 0 aromatic carbocycles. The second-order valence-electron chi connectivity index (χ2n) is 4.80. The maximum atomic E-state index is 12.0. The van der Waals surface area contributed by atoms with Crippen LogP contribution in [0.15, 0.2) is 11.2 Å². The lowest BCUT2D eigenvalue weighted by Gasteiger charge is -2.23. The highest BCUT2D eigenvalue weighted by Crippen LogP contribution is 2.15. The summed E-state index contributed by atoms with van der Waals surface area (Å²) in [5, 5.41) is 8.60. The first-order chi connectivity index (χ1) is 8.03. The Morgan fingerprint density at radius 2 is 2.11 bits per heavy atom. The first kappa shape index (κ1) is 14.7. The molecule has 7 nitrogen and oxygen atoms in total. The third kappa shape index (κ3) is 3.54. The molecule has 0 saturated heterocycles. The molecule has 0 unspecified atom stereocenters. The van der Waals surface area contributed by atoms with E-state index >= 15 is 0 Å². The van der Waals surface area contributed by atoms with Crippen LogP contribution in [0.4, 0.5) is 0 Å². The maximum absolute atomic E-state index is 12.0. The Bertz CT molecular complexity index is 540. The van der Waals surface area contributed by atoms with Gasteiger partial charge in [0.25, 0.3) is 10.0 Å². The van der Waals surface area contributed by atoms with E-state index in [0.717, 1.165) is 0 Å². The summed E-state index contributed by atoms with van der Waals surface area (Å²) in [6.07, 6.45) is 1.08. The zero-order chi connectivity index (χ0) is 14.1. The monoisotopic (exact) mass is 275 g/mol. The van der Waals surface area contributed by atoms with Crippen LogP contribution in [0.5, 0.6) is 0 Å². The van der Waals surface area contributed by atoms with Gasteiger partial charge in [-0.1, -0.05) is 0 Å². The number of aliphatic carboxylic acids is 1. The van der Waals surface area contributed by atoms with Crippen LogP contribution in [0.1, 0.15) is 26.1 Å². The Balaban J connectivity index is 2.98. The van der Waals surface area contributed by atoms with E-state index in [1.54, 1.807) is 18.5 Å². The zero-order valence-corrected chi connectivity index (χ0v) is 11.6. The van der Waals surface area contributed by atoms with Crippen LogP contribution in [0.2, 0.25) is 0 Å². The highest BCUT2D eigenvalue weighted by atomic mass is 32.2. The minimum atomic E-state index is -3.81. The van der Waals surface area contributed by atoms with Gasteiger partial charge in [-0.3, -0.25) is 4.79 Å². The van der Waals surface area contributed by atoms with Gasteiger partial charge in [-0.15, -0.1) is 0 Å². The predicted octanol–water partition coefficient (Wildman–Crippen LogP) is 0.260. The number of nitrogens with zero attached hydrogens (tertiary/aromatic N) is 2. The molecule has 0 atom stereocenters. The topological polar surface area (TPSA) is 101 Å². The standard InChI is InChI=1S/C10H17N3O4S/c1-7-11-8(6-13(7)4)18(16,17)12-10(2,3)5-9(14)15/h6,12H,5H2,1-4H3,(H,14,15). The summed E-state index contributed by atoms with van der Waals surface area (Å²) in [5.41, 5.74) is -1.07. The van der Waals surface area contributed by atoms with E-state index < -0.39 is 21.5 Å². The molecule has 0 saturated carbocycles. The van der Waals surface area contributed by atoms with Crippen LogP contribution in [0.3, 0.4) is 0 Å². The molecule has 1 rings (SSSR count). The lowest BCUT2D eigenvalue weighted by atomic mass is 10.0. The van der Waals surface area contributed by atoms with Gasteiger partial charge in [0.05, 0.1) is 6.42 Å². The molecular formula is C10H17N3O4S. The lowest BCUT2D eigenvalue weighted by Crippen LogP contribution is -2.44. The number of aromatic nitrogens is 2. The van der Waals surface area contributed by atoms with Gasteiger partial charge in [-0.2, -0.15) is 0 Å². The fraction of sp³-hybridized carbons (Fsp3) is 0.600. The molecule has 0 aliphatic carbocycles. The third-order valence-corrected chi connectivity index (χ3v) is 3.93. The van der Waals surface area contributed by atoms with E-state index in [9.17, 15) is 13.2 Å². The molecule has 2 N–H and O–H groups in total. The Morgan fingerprint density at radius 1 is 1.56 bits per heavy atom. The van der Waals surface area contributed by atoms with E-state index in [-0.39, 0.29) is 11.4 Å².